The van der Waals surface area contributed by atoms with Gasteiger partial charge in [-0.25, -0.2) is 8.42 Å². The summed E-state index contributed by atoms with van der Waals surface area (Å²) in [5.74, 6) is 1.01. The second kappa shape index (κ2) is 8.08. The summed E-state index contributed by atoms with van der Waals surface area (Å²) in [6.07, 6.45) is 4.59. The molecule has 0 radical (unpaired) electrons. The van der Waals surface area contributed by atoms with Crippen molar-refractivity contribution < 1.29 is 17.6 Å². The van der Waals surface area contributed by atoms with Crippen LogP contribution in [0.25, 0.3) is 11.0 Å². The van der Waals surface area contributed by atoms with E-state index < -0.39 is 10.0 Å². The SMILES string of the molecule is COc1ccc(C)cc1NS(=O)(=O)c1cc(CC2CCNCC2)c2occc2c1. The Labute approximate surface area is 171 Å². The number of ether oxygens (including phenoxy) is 1. The van der Waals surface area contributed by atoms with Crippen LogP contribution in [0, 0.1) is 12.8 Å². The largest absolute Gasteiger partial charge is 0.495 e. The predicted octanol–water partition coefficient (Wildman–Crippen LogP) is 4.09. The lowest BCUT2D eigenvalue weighted by atomic mass is 9.90. The molecule has 0 amide bonds. The van der Waals surface area contributed by atoms with Crippen LogP contribution in [0.4, 0.5) is 5.69 Å². The van der Waals surface area contributed by atoms with E-state index in [-0.39, 0.29) is 4.90 Å². The number of rotatable bonds is 6. The van der Waals surface area contributed by atoms with Crippen molar-refractivity contribution in [2.75, 3.05) is 24.9 Å². The van der Waals surface area contributed by atoms with E-state index in [0.29, 0.717) is 17.4 Å². The third-order valence-corrected chi connectivity index (χ3v) is 6.82. The number of anilines is 1. The third-order valence-electron chi connectivity index (χ3n) is 5.48. The van der Waals surface area contributed by atoms with E-state index in [1.165, 1.54) is 7.11 Å². The number of hydrogen-bond donors (Lipinski definition) is 2. The Hall–Kier alpha value is -2.51. The molecule has 7 heteroatoms. The maximum atomic E-state index is 13.2. The average Bonchev–Trinajstić information content (AvgIpc) is 3.18. The van der Waals surface area contributed by atoms with Crippen molar-refractivity contribution in [1.82, 2.24) is 5.32 Å². The second-order valence-electron chi connectivity index (χ2n) is 7.63. The first-order valence-electron chi connectivity index (χ1n) is 9.84. The normalized spacial score (nSPS) is 15.5. The minimum Gasteiger partial charge on any atom is -0.495 e. The molecule has 1 saturated heterocycles. The molecule has 2 heterocycles. The zero-order valence-electron chi connectivity index (χ0n) is 16.7. The minimum absolute atomic E-state index is 0.235. The van der Waals surface area contributed by atoms with Crippen molar-refractivity contribution in [3.8, 4) is 5.75 Å². The van der Waals surface area contributed by atoms with Crippen LogP contribution in [0.5, 0.6) is 5.75 Å². The van der Waals surface area contributed by atoms with Gasteiger partial charge in [0.25, 0.3) is 10.0 Å². The Morgan fingerprint density at radius 3 is 2.72 bits per heavy atom. The molecule has 3 aromatic rings. The monoisotopic (exact) mass is 414 g/mol. The zero-order chi connectivity index (χ0) is 20.4. The fraction of sp³-hybridized carbons (Fsp3) is 0.364. The van der Waals surface area contributed by atoms with Crippen molar-refractivity contribution in [1.29, 1.82) is 0 Å². The molecule has 0 aliphatic carbocycles. The number of nitrogens with one attached hydrogen (secondary N) is 2. The number of piperidine rings is 1. The molecule has 0 unspecified atom stereocenters. The van der Waals surface area contributed by atoms with Gasteiger partial charge in [-0.2, -0.15) is 0 Å². The van der Waals surface area contributed by atoms with Gasteiger partial charge in [0.05, 0.1) is 24.0 Å². The van der Waals surface area contributed by atoms with Crippen molar-refractivity contribution in [3.63, 3.8) is 0 Å². The number of aryl methyl sites for hydroxylation is 1. The third kappa shape index (κ3) is 4.26. The van der Waals surface area contributed by atoms with E-state index >= 15 is 0 Å². The molecule has 1 aliphatic rings. The molecular formula is C22H26N2O4S. The Morgan fingerprint density at radius 2 is 1.97 bits per heavy atom. The number of hydrogen-bond acceptors (Lipinski definition) is 5. The molecule has 0 spiro atoms. The van der Waals surface area contributed by atoms with Crippen molar-refractivity contribution >= 4 is 26.7 Å². The summed E-state index contributed by atoms with van der Waals surface area (Å²) < 4.78 is 40.1. The molecule has 0 saturated carbocycles. The standard InChI is InChI=1S/C22H26N2O4S/c1-15-3-4-21(27-2)20(11-15)24-29(25,26)19-13-17-7-10-28-22(17)18(14-19)12-16-5-8-23-9-6-16/h3-4,7,10-11,13-14,16,23-24H,5-6,8-9,12H2,1-2H3. The van der Waals surface area contributed by atoms with E-state index in [1.807, 2.05) is 19.1 Å². The molecule has 6 nitrogen and oxygen atoms in total. The molecule has 1 aromatic heterocycles. The molecule has 0 atom stereocenters. The lowest BCUT2D eigenvalue weighted by Gasteiger charge is -2.23. The number of furan rings is 1. The smallest absolute Gasteiger partial charge is 0.262 e. The average molecular weight is 415 g/mol. The first-order valence-corrected chi connectivity index (χ1v) is 11.3. The van der Waals surface area contributed by atoms with Gasteiger partial charge in [-0.3, -0.25) is 4.72 Å². The van der Waals surface area contributed by atoms with Gasteiger partial charge in [-0.1, -0.05) is 6.07 Å². The maximum absolute atomic E-state index is 13.2. The van der Waals surface area contributed by atoms with Gasteiger partial charge < -0.3 is 14.5 Å². The molecule has 2 N–H and O–H groups in total. The molecule has 1 fully saturated rings. The van der Waals surface area contributed by atoms with Crippen LogP contribution in [0.2, 0.25) is 0 Å². The minimum atomic E-state index is -3.78. The quantitative estimate of drug-likeness (QED) is 0.635. The van der Waals surface area contributed by atoms with Crippen molar-refractivity contribution in [2.45, 2.75) is 31.1 Å². The highest BCUT2D eigenvalue weighted by molar-refractivity contribution is 7.92. The summed E-state index contributed by atoms with van der Waals surface area (Å²) in [6.45, 7) is 3.91. The van der Waals surface area contributed by atoms with E-state index in [1.54, 1.807) is 30.5 Å². The van der Waals surface area contributed by atoms with E-state index in [9.17, 15) is 8.42 Å². The number of fused-ring (bicyclic) bond motifs is 1. The van der Waals surface area contributed by atoms with Gasteiger partial charge in [-0.05, 0) is 86.7 Å². The molecule has 4 rings (SSSR count). The van der Waals surface area contributed by atoms with Crippen molar-refractivity contribution in [3.05, 3.63) is 53.8 Å². The number of methoxy groups -OCH3 is 1. The van der Waals surface area contributed by atoms with Crippen LogP contribution in [0.1, 0.15) is 24.0 Å². The first kappa shape index (κ1) is 19.8. The Kier molecular flexibility index (Phi) is 5.52. The topological polar surface area (TPSA) is 80.6 Å². The van der Waals surface area contributed by atoms with Crippen LogP contribution in [-0.2, 0) is 16.4 Å². The number of sulfonamides is 1. The molecular weight excluding hydrogens is 388 g/mol. The summed E-state index contributed by atoms with van der Waals surface area (Å²) >= 11 is 0. The molecule has 0 bridgehead atoms. The van der Waals surface area contributed by atoms with Crippen molar-refractivity contribution in [2.24, 2.45) is 5.92 Å². The highest BCUT2D eigenvalue weighted by atomic mass is 32.2. The highest BCUT2D eigenvalue weighted by Crippen LogP contribution is 2.32. The van der Waals surface area contributed by atoms with Crippen LogP contribution >= 0.6 is 0 Å². The highest BCUT2D eigenvalue weighted by Gasteiger charge is 2.22. The summed E-state index contributed by atoms with van der Waals surface area (Å²) in [7, 11) is -2.25. The predicted molar refractivity (Wildman–Crippen MR) is 114 cm³/mol. The molecule has 1 aliphatic heterocycles. The molecule has 29 heavy (non-hydrogen) atoms. The fourth-order valence-corrected chi connectivity index (χ4v) is 5.08. The second-order valence-corrected chi connectivity index (χ2v) is 9.31. The lowest BCUT2D eigenvalue weighted by molar-refractivity contribution is 0.372. The lowest BCUT2D eigenvalue weighted by Crippen LogP contribution is -2.28. The van der Waals surface area contributed by atoms with Crippen LogP contribution in [0.3, 0.4) is 0 Å². The molecule has 154 valence electrons. The molecule has 2 aromatic carbocycles. The van der Waals surface area contributed by atoms with Crippen LogP contribution in [-0.4, -0.2) is 28.6 Å². The summed E-state index contributed by atoms with van der Waals surface area (Å²) in [5, 5.41) is 4.17. The number of benzene rings is 2. The van der Waals surface area contributed by atoms with Gasteiger partial charge in [0.15, 0.2) is 0 Å². The summed E-state index contributed by atoms with van der Waals surface area (Å²) in [4.78, 5) is 0.235. The van der Waals surface area contributed by atoms with Gasteiger partial charge in [0.1, 0.15) is 11.3 Å². The van der Waals surface area contributed by atoms with Gasteiger partial charge in [0, 0.05) is 5.39 Å². The van der Waals surface area contributed by atoms with Crippen LogP contribution < -0.4 is 14.8 Å². The van der Waals surface area contributed by atoms with Crippen LogP contribution in [0.15, 0.2) is 52.0 Å². The Morgan fingerprint density at radius 1 is 1.17 bits per heavy atom. The van der Waals surface area contributed by atoms with E-state index in [0.717, 1.165) is 54.4 Å². The van der Waals surface area contributed by atoms with Gasteiger partial charge >= 0.3 is 0 Å². The Bertz CT molecular complexity index is 1120. The zero-order valence-corrected chi connectivity index (χ0v) is 17.5. The fourth-order valence-electron chi connectivity index (χ4n) is 3.93. The van der Waals surface area contributed by atoms with Gasteiger partial charge in [-0.15, -0.1) is 0 Å². The first-order chi connectivity index (χ1) is 14.0. The summed E-state index contributed by atoms with van der Waals surface area (Å²) in [6, 6.07) is 10.6. The van der Waals surface area contributed by atoms with E-state index in [4.69, 9.17) is 9.15 Å². The van der Waals surface area contributed by atoms with Gasteiger partial charge in [0.2, 0.25) is 0 Å². The maximum Gasteiger partial charge on any atom is 0.262 e. The Balaban J connectivity index is 1.70. The summed E-state index contributed by atoms with van der Waals surface area (Å²) in [5.41, 5.74) is 3.09. The van der Waals surface area contributed by atoms with E-state index in [2.05, 4.69) is 10.0 Å².